The average Bonchev–Trinajstić information content (AvgIpc) is 2.57. The van der Waals surface area contributed by atoms with Crippen LogP contribution >= 0.6 is 0 Å². The van der Waals surface area contributed by atoms with Crippen LogP contribution in [0.1, 0.15) is 31.3 Å². The number of hydrogen-bond acceptors (Lipinski definition) is 5. The van der Waals surface area contributed by atoms with Crippen LogP contribution in [0.3, 0.4) is 0 Å². The second-order valence-corrected chi connectivity index (χ2v) is 6.25. The van der Waals surface area contributed by atoms with Crippen molar-refractivity contribution in [3.8, 4) is 0 Å². The van der Waals surface area contributed by atoms with Gasteiger partial charge in [0.25, 0.3) is 0 Å². The van der Waals surface area contributed by atoms with Gasteiger partial charge in [-0.25, -0.2) is 14.4 Å². The Balaban J connectivity index is 1.81. The first-order chi connectivity index (χ1) is 11.6. The maximum atomic E-state index is 14.0. The van der Waals surface area contributed by atoms with Crippen LogP contribution in [0.15, 0.2) is 36.5 Å². The first kappa shape index (κ1) is 16.8. The number of morpholine rings is 1. The maximum absolute atomic E-state index is 14.0. The van der Waals surface area contributed by atoms with Crippen molar-refractivity contribution in [3.63, 3.8) is 0 Å². The number of rotatable bonds is 5. The summed E-state index contributed by atoms with van der Waals surface area (Å²) in [5, 5.41) is 3.29. The van der Waals surface area contributed by atoms with Crippen LogP contribution in [0.2, 0.25) is 0 Å². The second kappa shape index (κ2) is 7.68. The lowest BCUT2D eigenvalue weighted by Gasteiger charge is -2.34. The van der Waals surface area contributed by atoms with Gasteiger partial charge in [-0.3, -0.25) is 4.90 Å². The van der Waals surface area contributed by atoms with Crippen LogP contribution in [0.25, 0.3) is 0 Å². The Morgan fingerprint density at radius 3 is 2.96 bits per heavy atom. The number of halogens is 1. The molecule has 1 fully saturated rings. The van der Waals surface area contributed by atoms with Crippen molar-refractivity contribution in [2.45, 2.75) is 32.5 Å². The fourth-order valence-electron chi connectivity index (χ4n) is 2.82. The lowest BCUT2D eigenvalue weighted by atomic mass is 10.1. The summed E-state index contributed by atoms with van der Waals surface area (Å²) in [7, 11) is 0. The highest BCUT2D eigenvalue weighted by Gasteiger charge is 2.27. The fourth-order valence-corrected chi connectivity index (χ4v) is 2.82. The van der Waals surface area contributed by atoms with Gasteiger partial charge in [-0.15, -0.1) is 0 Å². The summed E-state index contributed by atoms with van der Waals surface area (Å²) in [6, 6.07) is 8.96. The molecule has 1 unspecified atom stereocenters. The minimum atomic E-state index is -0.182. The summed E-state index contributed by atoms with van der Waals surface area (Å²) in [5.74, 6) is 1.32. The predicted octanol–water partition coefficient (Wildman–Crippen LogP) is 3.01. The molecule has 1 aliphatic heterocycles. The highest BCUT2D eigenvalue weighted by Crippen LogP contribution is 2.25. The van der Waals surface area contributed by atoms with Crippen LogP contribution in [0.5, 0.6) is 0 Å². The first-order valence-electron chi connectivity index (χ1n) is 8.28. The highest BCUT2D eigenvalue weighted by atomic mass is 19.1. The zero-order valence-corrected chi connectivity index (χ0v) is 14.1. The highest BCUT2D eigenvalue weighted by molar-refractivity contribution is 5.34. The monoisotopic (exact) mass is 330 g/mol. The largest absolute Gasteiger partial charge is 0.378 e. The number of nitrogens with one attached hydrogen (secondary N) is 1. The van der Waals surface area contributed by atoms with E-state index in [2.05, 4.69) is 34.0 Å². The van der Waals surface area contributed by atoms with Gasteiger partial charge in [0.05, 0.1) is 19.3 Å². The van der Waals surface area contributed by atoms with Crippen molar-refractivity contribution in [1.82, 2.24) is 14.9 Å². The number of ether oxygens (including phenoxy) is 1. The van der Waals surface area contributed by atoms with E-state index in [0.717, 1.165) is 12.4 Å². The third-order valence-corrected chi connectivity index (χ3v) is 3.98. The Bertz CT molecular complexity index is 680. The van der Waals surface area contributed by atoms with E-state index < -0.39 is 0 Å². The Hall–Kier alpha value is -2.05. The summed E-state index contributed by atoms with van der Waals surface area (Å²) in [6.07, 6.45) is 1.75. The molecule has 1 saturated heterocycles. The first-order valence-corrected chi connectivity index (χ1v) is 8.28. The molecule has 2 heterocycles. The molecule has 6 heteroatoms. The topological polar surface area (TPSA) is 50.3 Å². The minimum absolute atomic E-state index is 0.0766. The number of anilines is 1. The van der Waals surface area contributed by atoms with Gasteiger partial charge in [0, 0.05) is 30.9 Å². The molecule has 5 nitrogen and oxygen atoms in total. The van der Waals surface area contributed by atoms with Crippen molar-refractivity contribution in [2.75, 3.05) is 25.1 Å². The molecule has 0 radical (unpaired) electrons. The van der Waals surface area contributed by atoms with Gasteiger partial charge < -0.3 is 10.1 Å². The molecule has 1 aliphatic rings. The summed E-state index contributed by atoms with van der Waals surface area (Å²) in [6.45, 7) is 6.52. The number of nitrogens with zero attached hydrogens (tertiary/aromatic N) is 3. The van der Waals surface area contributed by atoms with Crippen LogP contribution in [-0.2, 0) is 11.3 Å². The third-order valence-electron chi connectivity index (χ3n) is 3.98. The van der Waals surface area contributed by atoms with Crippen LogP contribution in [0.4, 0.5) is 10.2 Å². The molecule has 2 aromatic rings. The van der Waals surface area contributed by atoms with Crippen molar-refractivity contribution in [1.29, 1.82) is 0 Å². The molecule has 0 saturated carbocycles. The van der Waals surface area contributed by atoms with Crippen LogP contribution in [-0.4, -0.2) is 40.7 Å². The van der Waals surface area contributed by atoms with E-state index in [1.54, 1.807) is 12.3 Å². The Morgan fingerprint density at radius 2 is 2.17 bits per heavy atom. The van der Waals surface area contributed by atoms with Gasteiger partial charge in [-0.2, -0.15) is 0 Å². The smallest absolute Gasteiger partial charge is 0.150 e. The van der Waals surface area contributed by atoms with E-state index >= 15 is 0 Å². The molecule has 128 valence electrons. The molecule has 0 bridgehead atoms. The summed E-state index contributed by atoms with van der Waals surface area (Å²) < 4.78 is 19.6. The van der Waals surface area contributed by atoms with E-state index in [1.165, 1.54) is 6.07 Å². The van der Waals surface area contributed by atoms with Crippen molar-refractivity contribution in [3.05, 3.63) is 53.7 Å². The summed E-state index contributed by atoms with van der Waals surface area (Å²) in [5.41, 5.74) is 0.681. The molecule has 1 atom stereocenters. The van der Waals surface area contributed by atoms with E-state index in [-0.39, 0.29) is 11.9 Å². The molecule has 3 rings (SSSR count). The zero-order chi connectivity index (χ0) is 16.9. The number of benzene rings is 1. The van der Waals surface area contributed by atoms with Gasteiger partial charge in [-0.1, -0.05) is 18.2 Å². The Morgan fingerprint density at radius 1 is 1.33 bits per heavy atom. The van der Waals surface area contributed by atoms with E-state index in [0.29, 0.717) is 37.2 Å². The van der Waals surface area contributed by atoms with E-state index in [4.69, 9.17) is 4.74 Å². The molecule has 24 heavy (non-hydrogen) atoms. The van der Waals surface area contributed by atoms with E-state index in [1.807, 2.05) is 18.2 Å². The van der Waals surface area contributed by atoms with Crippen molar-refractivity contribution < 1.29 is 9.13 Å². The SMILES string of the molecule is CC(C)Nc1ccnc(C2COCCN2Cc2ccccc2F)n1. The number of hydrogen-bond donors (Lipinski definition) is 1. The number of aromatic nitrogens is 2. The van der Waals surface area contributed by atoms with Crippen molar-refractivity contribution in [2.24, 2.45) is 0 Å². The minimum Gasteiger partial charge on any atom is -0.378 e. The molecule has 0 amide bonds. The van der Waals surface area contributed by atoms with Gasteiger partial charge in [-0.05, 0) is 26.0 Å². The molecule has 0 spiro atoms. The predicted molar refractivity (Wildman–Crippen MR) is 91.2 cm³/mol. The van der Waals surface area contributed by atoms with Gasteiger partial charge in [0.1, 0.15) is 17.5 Å². The Labute approximate surface area is 141 Å². The molecular formula is C18H23FN4O. The summed E-state index contributed by atoms with van der Waals surface area (Å²) in [4.78, 5) is 11.2. The average molecular weight is 330 g/mol. The van der Waals surface area contributed by atoms with Gasteiger partial charge in [0.2, 0.25) is 0 Å². The summed E-state index contributed by atoms with van der Waals surface area (Å²) >= 11 is 0. The van der Waals surface area contributed by atoms with Gasteiger partial charge in [0.15, 0.2) is 0 Å². The van der Waals surface area contributed by atoms with Crippen LogP contribution in [0, 0.1) is 5.82 Å². The molecule has 1 aromatic heterocycles. The molecule has 1 N–H and O–H groups in total. The lowest BCUT2D eigenvalue weighted by molar-refractivity contribution is -0.0163. The molecule has 1 aromatic carbocycles. The fraction of sp³-hybridized carbons (Fsp3) is 0.444. The lowest BCUT2D eigenvalue weighted by Crippen LogP contribution is -2.40. The molecular weight excluding hydrogens is 307 g/mol. The van der Waals surface area contributed by atoms with Crippen LogP contribution < -0.4 is 5.32 Å². The van der Waals surface area contributed by atoms with E-state index in [9.17, 15) is 4.39 Å². The Kier molecular flexibility index (Phi) is 5.37. The zero-order valence-electron chi connectivity index (χ0n) is 14.1. The van der Waals surface area contributed by atoms with Gasteiger partial charge >= 0.3 is 0 Å². The second-order valence-electron chi connectivity index (χ2n) is 6.25. The maximum Gasteiger partial charge on any atom is 0.150 e. The van der Waals surface area contributed by atoms with Crippen molar-refractivity contribution >= 4 is 5.82 Å². The quantitative estimate of drug-likeness (QED) is 0.913. The third kappa shape index (κ3) is 4.07. The molecule has 0 aliphatic carbocycles. The standard InChI is InChI=1S/C18H23FN4O/c1-13(2)21-17-7-8-20-18(22-17)16-12-24-10-9-23(16)11-14-5-3-4-6-15(14)19/h3-8,13,16H,9-12H2,1-2H3,(H,20,21,22). The normalized spacial score (nSPS) is 18.8.